The molecule has 1 atom stereocenters. The number of hydrogen-bond acceptors (Lipinski definition) is 5. The van der Waals surface area contributed by atoms with Crippen LogP contribution in [0.25, 0.3) is 10.9 Å². The molecule has 5 rings (SSSR count). The van der Waals surface area contributed by atoms with Gasteiger partial charge in [-0.3, -0.25) is 14.9 Å². The van der Waals surface area contributed by atoms with E-state index in [0.717, 1.165) is 57.8 Å². The van der Waals surface area contributed by atoms with Gasteiger partial charge in [-0.15, -0.1) is 0 Å². The summed E-state index contributed by atoms with van der Waals surface area (Å²) in [6, 6.07) is 13.9. The molecule has 0 spiro atoms. The summed E-state index contributed by atoms with van der Waals surface area (Å²) in [7, 11) is 0. The number of aromatic amines is 1. The molecule has 162 valence electrons. The minimum absolute atomic E-state index is 0.0530. The van der Waals surface area contributed by atoms with E-state index in [1.165, 1.54) is 0 Å². The van der Waals surface area contributed by atoms with Crippen LogP contribution in [-0.2, 0) is 0 Å². The predicted molar refractivity (Wildman–Crippen MR) is 125 cm³/mol. The summed E-state index contributed by atoms with van der Waals surface area (Å²) in [6.07, 6.45) is 3.60. The van der Waals surface area contributed by atoms with Crippen molar-refractivity contribution in [2.45, 2.75) is 39.7 Å². The van der Waals surface area contributed by atoms with Crippen LogP contribution in [0, 0.1) is 20.8 Å². The summed E-state index contributed by atoms with van der Waals surface area (Å²) in [6.45, 7) is 6.72. The van der Waals surface area contributed by atoms with Gasteiger partial charge in [-0.2, -0.15) is 5.10 Å². The lowest BCUT2D eigenvalue weighted by molar-refractivity contribution is 0.0728. The number of likely N-dealkylation sites (tertiary alicyclic amines) is 1. The molecule has 0 aliphatic carbocycles. The van der Waals surface area contributed by atoms with Crippen LogP contribution < -0.4 is 5.32 Å². The normalized spacial score (nSPS) is 16.0. The van der Waals surface area contributed by atoms with Crippen LogP contribution in [-0.4, -0.2) is 37.5 Å². The molecule has 0 unspecified atom stereocenters. The van der Waals surface area contributed by atoms with Gasteiger partial charge in [-0.1, -0.05) is 17.7 Å². The maximum Gasteiger partial charge on any atom is 0.275 e. The van der Waals surface area contributed by atoms with Gasteiger partial charge in [0.2, 0.25) is 0 Å². The van der Waals surface area contributed by atoms with Crippen LogP contribution in [0.15, 0.2) is 48.7 Å². The molecule has 7 nitrogen and oxygen atoms in total. The largest absolute Gasteiger partial charge is 0.340 e. The number of hydrogen-bond donors (Lipinski definition) is 2. The van der Waals surface area contributed by atoms with Gasteiger partial charge in [0.25, 0.3) is 5.91 Å². The lowest BCUT2D eigenvalue weighted by Crippen LogP contribution is -2.31. The van der Waals surface area contributed by atoms with Gasteiger partial charge in [-0.25, -0.2) is 4.98 Å². The number of carbonyl (C=O) groups is 1. The molecular weight excluding hydrogens is 400 g/mol. The monoisotopic (exact) mass is 426 g/mol. The highest BCUT2D eigenvalue weighted by molar-refractivity contribution is 6.05. The average Bonchev–Trinajstić information content (AvgIpc) is 3.42. The van der Waals surface area contributed by atoms with Gasteiger partial charge in [0.15, 0.2) is 5.69 Å². The van der Waals surface area contributed by atoms with Gasteiger partial charge in [-0.05, 0) is 69.5 Å². The van der Waals surface area contributed by atoms with E-state index in [4.69, 9.17) is 4.98 Å². The SMILES string of the molecule is Cc1ccc2[nH]nc(C(=O)N3CCC[C@H]3c3cc(Nc4ncccc4C)cc(C)n3)c2c1. The van der Waals surface area contributed by atoms with Crippen LogP contribution in [0.3, 0.4) is 0 Å². The minimum Gasteiger partial charge on any atom is -0.340 e. The maximum atomic E-state index is 13.5. The van der Waals surface area contributed by atoms with Gasteiger partial charge < -0.3 is 10.2 Å². The summed E-state index contributed by atoms with van der Waals surface area (Å²) in [4.78, 5) is 24.6. The van der Waals surface area contributed by atoms with Crippen LogP contribution >= 0.6 is 0 Å². The molecule has 1 aliphatic rings. The fourth-order valence-corrected chi connectivity index (χ4v) is 4.43. The zero-order valence-corrected chi connectivity index (χ0v) is 18.5. The summed E-state index contributed by atoms with van der Waals surface area (Å²) >= 11 is 0. The highest BCUT2D eigenvalue weighted by Crippen LogP contribution is 2.34. The van der Waals surface area contributed by atoms with Gasteiger partial charge in [0.1, 0.15) is 5.82 Å². The fraction of sp³-hybridized carbons (Fsp3) is 0.280. The number of amides is 1. The molecule has 0 bridgehead atoms. The maximum absolute atomic E-state index is 13.5. The van der Waals surface area contributed by atoms with Crippen molar-refractivity contribution in [3.63, 3.8) is 0 Å². The molecule has 4 heterocycles. The second-order valence-electron chi connectivity index (χ2n) is 8.49. The molecule has 7 heteroatoms. The summed E-state index contributed by atoms with van der Waals surface area (Å²) in [5, 5.41) is 11.6. The van der Waals surface area contributed by atoms with Crippen molar-refractivity contribution in [3.05, 3.63) is 76.9 Å². The standard InChI is InChI=1S/C25H26N6O/c1-15-8-9-20-19(12-15)23(30-29-20)25(32)31-11-5-7-22(31)21-14-18(13-17(3)27-21)28-24-16(2)6-4-10-26-24/h4,6,8-10,12-14,22H,5,7,11H2,1-3H3,(H,29,30)(H,26,27,28)/t22-/m0/s1. The van der Waals surface area contributed by atoms with E-state index in [0.29, 0.717) is 12.2 Å². The van der Waals surface area contributed by atoms with E-state index in [-0.39, 0.29) is 11.9 Å². The molecule has 1 aromatic carbocycles. The third-order valence-corrected chi connectivity index (χ3v) is 6.02. The van der Waals surface area contributed by atoms with Crippen molar-refractivity contribution in [2.75, 3.05) is 11.9 Å². The number of nitrogens with one attached hydrogen (secondary N) is 2. The molecule has 3 aromatic heterocycles. The zero-order chi connectivity index (χ0) is 22.2. The van der Waals surface area contributed by atoms with Crippen molar-refractivity contribution >= 4 is 28.3 Å². The van der Waals surface area contributed by atoms with E-state index in [1.54, 1.807) is 6.20 Å². The lowest BCUT2D eigenvalue weighted by Gasteiger charge is -2.24. The third-order valence-electron chi connectivity index (χ3n) is 6.02. The Balaban J connectivity index is 1.46. The first kappa shape index (κ1) is 20.2. The predicted octanol–water partition coefficient (Wildman–Crippen LogP) is 5.00. The summed E-state index contributed by atoms with van der Waals surface area (Å²) < 4.78 is 0. The Morgan fingerprint density at radius 1 is 1.16 bits per heavy atom. The number of rotatable bonds is 4. The van der Waals surface area contributed by atoms with E-state index < -0.39 is 0 Å². The highest BCUT2D eigenvalue weighted by atomic mass is 16.2. The summed E-state index contributed by atoms with van der Waals surface area (Å²) in [5.41, 5.74) is 6.25. The second kappa shape index (κ2) is 8.07. The minimum atomic E-state index is -0.0793. The lowest BCUT2D eigenvalue weighted by atomic mass is 10.1. The van der Waals surface area contributed by atoms with E-state index in [1.807, 2.05) is 68.1 Å². The molecule has 1 amide bonds. The number of nitrogens with zero attached hydrogens (tertiary/aromatic N) is 4. The topological polar surface area (TPSA) is 86.8 Å². The molecule has 32 heavy (non-hydrogen) atoms. The molecule has 4 aromatic rings. The Bertz CT molecular complexity index is 1310. The van der Waals surface area contributed by atoms with Gasteiger partial charge in [0, 0.05) is 29.5 Å². The second-order valence-corrected chi connectivity index (χ2v) is 8.49. The Labute approximate surface area is 186 Å². The van der Waals surface area contributed by atoms with Crippen molar-refractivity contribution in [3.8, 4) is 0 Å². The number of fused-ring (bicyclic) bond motifs is 1. The van der Waals surface area contributed by atoms with Crippen molar-refractivity contribution < 1.29 is 4.79 Å². The number of benzene rings is 1. The van der Waals surface area contributed by atoms with Crippen LogP contribution in [0.5, 0.6) is 0 Å². The Kier molecular flexibility index (Phi) is 5.09. The first-order valence-corrected chi connectivity index (χ1v) is 10.9. The van der Waals surface area contributed by atoms with Crippen LogP contribution in [0.4, 0.5) is 11.5 Å². The Morgan fingerprint density at radius 2 is 2.03 bits per heavy atom. The number of anilines is 2. The highest BCUT2D eigenvalue weighted by Gasteiger charge is 2.33. The number of pyridine rings is 2. The quantitative estimate of drug-likeness (QED) is 0.480. The van der Waals surface area contributed by atoms with Crippen LogP contribution in [0.1, 0.15) is 51.9 Å². The number of H-pyrrole nitrogens is 1. The van der Waals surface area contributed by atoms with Gasteiger partial charge in [0.05, 0.1) is 17.3 Å². The first-order valence-electron chi connectivity index (χ1n) is 10.9. The Hall–Kier alpha value is -3.74. The Morgan fingerprint density at radius 3 is 2.88 bits per heavy atom. The fourth-order valence-electron chi connectivity index (χ4n) is 4.43. The van der Waals surface area contributed by atoms with E-state index in [2.05, 4.69) is 20.5 Å². The molecule has 2 N–H and O–H groups in total. The molecule has 1 saturated heterocycles. The average molecular weight is 427 g/mol. The molecular formula is C25H26N6O. The van der Waals surface area contributed by atoms with E-state index in [9.17, 15) is 4.79 Å². The molecule has 0 radical (unpaired) electrons. The smallest absolute Gasteiger partial charge is 0.275 e. The summed E-state index contributed by atoms with van der Waals surface area (Å²) in [5.74, 6) is 0.768. The zero-order valence-electron chi connectivity index (χ0n) is 18.5. The first-order chi connectivity index (χ1) is 15.5. The van der Waals surface area contributed by atoms with Crippen molar-refractivity contribution in [2.24, 2.45) is 0 Å². The third kappa shape index (κ3) is 3.70. The number of carbonyl (C=O) groups excluding carboxylic acids is 1. The number of aryl methyl sites for hydroxylation is 3. The number of aromatic nitrogens is 4. The molecule has 1 aliphatic heterocycles. The van der Waals surface area contributed by atoms with Crippen molar-refractivity contribution in [1.29, 1.82) is 0 Å². The molecule has 1 fully saturated rings. The molecule has 0 saturated carbocycles. The van der Waals surface area contributed by atoms with Crippen molar-refractivity contribution in [1.82, 2.24) is 25.1 Å². The van der Waals surface area contributed by atoms with Gasteiger partial charge >= 0.3 is 0 Å². The van der Waals surface area contributed by atoms with Crippen LogP contribution in [0.2, 0.25) is 0 Å². The van der Waals surface area contributed by atoms with E-state index >= 15 is 0 Å².